The second-order valence-electron chi connectivity index (χ2n) is 14.5. The lowest BCUT2D eigenvalue weighted by Gasteiger charge is -2.36. The van der Waals surface area contributed by atoms with Crippen molar-refractivity contribution < 1.29 is 38.5 Å². The fourth-order valence-electron chi connectivity index (χ4n) is 8.54. The van der Waals surface area contributed by atoms with Crippen LogP contribution in [0.2, 0.25) is 0 Å². The molecule has 3 saturated heterocycles. The Balaban J connectivity index is 1.31. The van der Waals surface area contributed by atoms with Gasteiger partial charge >= 0.3 is 5.97 Å². The van der Waals surface area contributed by atoms with Crippen LogP contribution in [0.1, 0.15) is 63.0 Å². The lowest BCUT2D eigenvalue weighted by Crippen LogP contribution is -2.56. The van der Waals surface area contributed by atoms with Gasteiger partial charge in [-0.05, 0) is 49.8 Å². The number of unbranched alkanes of at least 4 members (excludes halogenated alkanes) is 3. The SMILES string of the molecule is C=CCCC(=O)N[C@@H](COC)[C@@H](OC(=O)[C@@H]1[C@@H]2CC[C@]3(O2)[C@H](C(=O)N(CC=C)Cn2nnc4ccccc42)N(CCCCCCO)C(=O)[C@@H]13)c1ccccc1. The Kier molecular flexibility index (Phi) is 13.1. The van der Waals surface area contributed by atoms with Gasteiger partial charge in [-0.3, -0.25) is 19.2 Å². The molecule has 3 fully saturated rings. The van der Waals surface area contributed by atoms with E-state index in [1.54, 1.807) is 26.6 Å². The summed E-state index contributed by atoms with van der Waals surface area (Å²) in [7, 11) is 1.51. The molecule has 2 bridgehead atoms. The van der Waals surface area contributed by atoms with Gasteiger partial charge in [0.1, 0.15) is 29.9 Å². The number of amides is 3. The highest BCUT2D eigenvalue weighted by atomic mass is 16.6. The highest BCUT2D eigenvalue weighted by Crippen LogP contribution is 2.59. The number of rotatable bonds is 21. The Hall–Kier alpha value is -4.92. The third-order valence-electron chi connectivity index (χ3n) is 11.0. The highest BCUT2D eigenvalue weighted by molar-refractivity contribution is 5.98. The first-order valence-corrected chi connectivity index (χ1v) is 19.2. The number of aliphatic hydroxyl groups is 1. The maximum Gasteiger partial charge on any atom is 0.313 e. The summed E-state index contributed by atoms with van der Waals surface area (Å²) in [5, 5.41) is 20.9. The summed E-state index contributed by atoms with van der Waals surface area (Å²) in [5.41, 5.74) is 0.826. The first kappa shape index (κ1) is 39.8. The molecule has 2 aromatic carbocycles. The van der Waals surface area contributed by atoms with E-state index in [2.05, 4.69) is 28.8 Å². The molecule has 3 aliphatic rings. The highest BCUT2D eigenvalue weighted by Gasteiger charge is 2.75. The largest absolute Gasteiger partial charge is 0.455 e. The molecule has 3 aromatic rings. The van der Waals surface area contributed by atoms with E-state index in [4.69, 9.17) is 14.2 Å². The molecule has 0 aliphatic carbocycles. The van der Waals surface area contributed by atoms with E-state index in [-0.39, 0.29) is 57.1 Å². The molecule has 55 heavy (non-hydrogen) atoms. The summed E-state index contributed by atoms with van der Waals surface area (Å²) in [4.78, 5) is 60.3. The predicted molar refractivity (Wildman–Crippen MR) is 203 cm³/mol. The molecular weight excluding hydrogens is 704 g/mol. The molecule has 1 aromatic heterocycles. The number of nitrogens with zero attached hydrogens (tertiary/aromatic N) is 5. The van der Waals surface area contributed by atoms with Crippen LogP contribution < -0.4 is 5.32 Å². The minimum atomic E-state index is -1.26. The quantitative estimate of drug-likeness (QED) is 0.0930. The molecule has 4 heterocycles. The molecule has 0 saturated carbocycles. The van der Waals surface area contributed by atoms with Gasteiger partial charge < -0.3 is 34.4 Å². The normalized spacial score (nSPS) is 23.7. The minimum absolute atomic E-state index is 0.0599. The molecule has 6 rings (SSSR count). The van der Waals surface area contributed by atoms with E-state index < -0.39 is 47.7 Å². The Morgan fingerprint density at radius 3 is 2.60 bits per heavy atom. The van der Waals surface area contributed by atoms with Gasteiger partial charge in [0.15, 0.2) is 0 Å². The summed E-state index contributed by atoms with van der Waals surface area (Å²) in [5.74, 6) is -3.46. The summed E-state index contributed by atoms with van der Waals surface area (Å²) in [6.07, 6.45) is 6.03. The van der Waals surface area contributed by atoms with Crippen molar-refractivity contribution >= 4 is 34.7 Å². The van der Waals surface area contributed by atoms with Crippen LogP contribution >= 0.6 is 0 Å². The zero-order valence-electron chi connectivity index (χ0n) is 31.5. The number of ether oxygens (including phenoxy) is 3. The average Bonchev–Trinajstić information content (AvgIpc) is 3.95. The smallest absolute Gasteiger partial charge is 0.313 e. The first-order chi connectivity index (χ1) is 26.8. The number of nitrogens with one attached hydrogen (secondary N) is 1. The molecule has 294 valence electrons. The van der Waals surface area contributed by atoms with Crippen molar-refractivity contribution in [2.75, 3.05) is 33.4 Å². The van der Waals surface area contributed by atoms with Crippen LogP contribution in [0.15, 0.2) is 79.9 Å². The topological polar surface area (TPSA) is 165 Å². The number of benzene rings is 2. The molecule has 14 nitrogen and oxygen atoms in total. The van der Waals surface area contributed by atoms with Gasteiger partial charge in [-0.15, -0.1) is 18.3 Å². The van der Waals surface area contributed by atoms with Crippen molar-refractivity contribution in [2.24, 2.45) is 11.8 Å². The number of aliphatic hydroxyl groups excluding tert-OH is 1. The van der Waals surface area contributed by atoms with Gasteiger partial charge in [0.2, 0.25) is 17.7 Å². The van der Waals surface area contributed by atoms with Crippen LogP contribution in [0, 0.1) is 11.8 Å². The Morgan fingerprint density at radius 2 is 1.85 bits per heavy atom. The Morgan fingerprint density at radius 1 is 1.09 bits per heavy atom. The van der Waals surface area contributed by atoms with Crippen LogP contribution in [0.5, 0.6) is 0 Å². The molecule has 0 unspecified atom stereocenters. The Labute approximate surface area is 321 Å². The number of aromatic nitrogens is 3. The molecule has 7 atom stereocenters. The van der Waals surface area contributed by atoms with Crippen molar-refractivity contribution in [1.82, 2.24) is 30.1 Å². The second-order valence-corrected chi connectivity index (χ2v) is 14.5. The van der Waals surface area contributed by atoms with Gasteiger partial charge in [0.25, 0.3) is 0 Å². The fraction of sp³-hybridized carbons (Fsp3) is 0.512. The fourth-order valence-corrected chi connectivity index (χ4v) is 8.54. The van der Waals surface area contributed by atoms with Crippen molar-refractivity contribution in [2.45, 2.75) is 87.9 Å². The third-order valence-corrected chi connectivity index (χ3v) is 11.0. The average molecular weight is 757 g/mol. The summed E-state index contributed by atoms with van der Waals surface area (Å²) >= 11 is 0. The van der Waals surface area contributed by atoms with E-state index in [1.807, 2.05) is 54.6 Å². The second kappa shape index (κ2) is 18.1. The zero-order valence-corrected chi connectivity index (χ0v) is 31.5. The third kappa shape index (κ3) is 8.21. The summed E-state index contributed by atoms with van der Waals surface area (Å²) in [6.45, 7) is 8.26. The van der Waals surface area contributed by atoms with Crippen LogP contribution in [-0.4, -0.2) is 111 Å². The molecule has 14 heteroatoms. The number of carbonyl (C=O) groups excluding carboxylic acids is 4. The van der Waals surface area contributed by atoms with Crippen LogP contribution in [0.3, 0.4) is 0 Å². The standard InChI is InChI=1S/C41H52N6O8/c1-4-6-20-33(49)42-30(26-53-3)36(28-16-10-9-11-17-28)54-40(52)34-32-21-22-41(55-32)35(34)38(50)46(24-14-7-8-15-25-48)37(41)39(51)45(23-5-2)27-47-31-19-13-12-18-29(31)43-44-47/h4-5,9-13,16-19,30,32,34-37,48H,1-2,6-8,14-15,20-27H2,3H3,(H,42,49)/t30-,32-,34+,35+,36-,37-,41+/m0/s1. The van der Waals surface area contributed by atoms with Gasteiger partial charge in [-0.25, -0.2) is 4.68 Å². The number of likely N-dealkylation sites (tertiary alicyclic amines) is 1. The lowest BCUT2D eigenvalue weighted by molar-refractivity contribution is -0.163. The molecule has 0 radical (unpaired) electrons. The van der Waals surface area contributed by atoms with Crippen molar-refractivity contribution in [3.8, 4) is 0 Å². The number of esters is 1. The van der Waals surface area contributed by atoms with E-state index in [0.717, 1.165) is 18.4 Å². The molecule has 2 N–H and O–H groups in total. The van der Waals surface area contributed by atoms with E-state index >= 15 is 0 Å². The van der Waals surface area contributed by atoms with Gasteiger partial charge in [-0.1, -0.05) is 72.7 Å². The molecular formula is C41H52N6O8. The zero-order chi connectivity index (χ0) is 39.0. The molecule has 3 amide bonds. The van der Waals surface area contributed by atoms with Crippen LogP contribution in [0.4, 0.5) is 0 Å². The maximum atomic E-state index is 14.9. The number of para-hydroxylation sites is 1. The van der Waals surface area contributed by atoms with E-state index in [0.29, 0.717) is 43.2 Å². The van der Waals surface area contributed by atoms with Crippen molar-refractivity contribution in [1.29, 1.82) is 0 Å². The summed E-state index contributed by atoms with van der Waals surface area (Å²) in [6, 6.07) is 14.8. The van der Waals surface area contributed by atoms with E-state index in [1.165, 1.54) is 7.11 Å². The van der Waals surface area contributed by atoms with Crippen LogP contribution in [-0.2, 0) is 40.1 Å². The van der Waals surface area contributed by atoms with Gasteiger partial charge in [0, 0.05) is 33.2 Å². The number of hydrogen-bond acceptors (Lipinski definition) is 10. The monoisotopic (exact) mass is 756 g/mol. The van der Waals surface area contributed by atoms with Crippen LogP contribution in [0.25, 0.3) is 11.0 Å². The Bertz CT molecular complexity index is 1830. The van der Waals surface area contributed by atoms with Crippen molar-refractivity contribution in [3.63, 3.8) is 0 Å². The number of methoxy groups -OCH3 is 1. The van der Waals surface area contributed by atoms with Crippen molar-refractivity contribution in [3.05, 3.63) is 85.5 Å². The van der Waals surface area contributed by atoms with E-state index in [9.17, 15) is 24.3 Å². The van der Waals surface area contributed by atoms with Gasteiger partial charge in [-0.2, -0.15) is 0 Å². The summed E-state index contributed by atoms with van der Waals surface area (Å²) < 4.78 is 20.2. The lowest BCUT2D eigenvalue weighted by atomic mass is 9.70. The predicted octanol–water partition coefficient (Wildman–Crippen LogP) is 3.71. The number of fused-ring (bicyclic) bond motifs is 2. The first-order valence-electron chi connectivity index (χ1n) is 19.2. The van der Waals surface area contributed by atoms with Gasteiger partial charge in [0.05, 0.1) is 36.1 Å². The number of hydrogen-bond donors (Lipinski definition) is 2. The minimum Gasteiger partial charge on any atom is -0.455 e. The number of carbonyl (C=O) groups is 4. The number of allylic oxidation sites excluding steroid dienone is 1. The molecule has 3 aliphatic heterocycles. The molecule has 1 spiro atoms. The maximum absolute atomic E-state index is 14.9.